The number of aliphatic carboxylic acids is 1. The molecule has 1 aliphatic rings. The van der Waals surface area contributed by atoms with Crippen molar-refractivity contribution in [1.29, 1.82) is 0 Å². The number of nitrogens with one attached hydrogen (secondary N) is 1. The summed E-state index contributed by atoms with van der Waals surface area (Å²) in [6.45, 7) is 4.34. The highest BCUT2D eigenvalue weighted by Gasteiger charge is 2.26. The van der Waals surface area contributed by atoms with Gasteiger partial charge in [-0.2, -0.15) is 0 Å². The second-order valence-corrected chi connectivity index (χ2v) is 7.20. The average molecular weight is 371 g/mol. The predicted molar refractivity (Wildman–Crippen MR) is 102 cm³/mol. The molecule has 1 aromatic carbocycles. The minimum Gasteiger partial charge on any atom is -0.480 e. The number of hydrogen-bond donors (Lipinski definition) is 2. The monoisotopic (exact) mass is 371 g/mol. The maximum Gasteiger partial charge on any atom is 0.326 e. The third-order valence-corrected chi connectivity index (χ3v) is 5.34. The number of aromatic nitrogens is 2. The van der Waals surface area contributed by atoms with Gasteiger partial charge in [0.15, 0.2) is 0 Å². The summed E-state index contributed by atoms with van der Waals surface area (Å²) in [6, 6.07) is 3.79. The lowest BCUT2D eigenvalue weighted by atomic mass is 9.99. The molecule has 2 heterocycles. The lowest BCUT2D eigenvalue weighted by Gasteiger charge is -2.20. The number of aryl methyl sites for hydroxylation is 1. The molecule has 0 saturated carbocycles. The Balaban J connectivity index is 1.95. The van der Waals surface area contributed by atoms with Crippen molar-refractivity contribution in [3.05, 3.63) is 39.9 Å². The molecule has 2 aromatic rings. The van der Waals surface area contributed by atoms with E-state index in [-0.39, 0.29) is 11.5 Å². The maximum absolute atomic E-state index is 12.7. The standard InChI is InChI=1S/C20H25N3O4/c1-3-12(2)17(20(26)27)22-18(24)13-8-9-14-15(11-13)21-16-7-5-4-6-10-23(16)19(14)25/h8-9,11-12,17H,3-7,10H2,1-2H3,(H,22,24)(H,26,27). The van der Waals surface area contributed by atoms with Crippen molar-refractivity contribution in [3.8, 4) is 0 Å². The zero-order chi connectivity index (χ0) is 19.6. The van der Waals surface area contributed by atoms with Crippen molar-refractivity contribution < 1.29 is 14.7 Å². The summed E-state index contributed by atoms with van der Waals surface area (Å²) in [5.41, 5.74) is 0.714. The van der Waals surface area contributed by atoms with Crippen molar-refractivity contribution in [3.63, 3.8) is 0 Å². The fourth-order valence-corrected chi connectivity index (χ4v) is 3.47. The number of carbonyl (C=O) groups is 2. The molecule has 0 saturated heterocycles. The summed E-state index contributed by atoms with van der Waals surface area (Å²) in [5, 5.41) is 12.4. The van der Waals surface area contributed by atoms with Gasteiger partial charge >= 0.3 is 5.97 Å². The Labute approximate surface area is 157 Å². The van der Waals surface area contributed by atoms with E-state index in [1.54, 1.807) is 29.7 Å². The molecular weight excluding hydrogens is 346 g/mol. The van der Waals surface area contributed by atoms with Crippen LogP contribution in [0.5, 0.6) is 0 Å². The quantitative estimate of drug-likeness (QED) is 0.840. The second-order valence-electron chi connectivity index (χ2n) is 7.20. The van der Waals surface area contributed by atoms with Crippen LogP contribution in [-0.4, -0.2) is 32.6 Å². The summed E-state index contributed by atoms with van der Waals surface area (Å²) in [7, 11) is 0. The first kappa shape index (κ1) is 19.1. The van der Waals surface area contributed by atoms with Crippen molar-refractivity contribution in [2.24, 2.45) is 5.92 Å². The third kappa shape index (κ3) is 3.86. The van der Waals surface area contributed by atoms with Crippen molar-refractivity contribution in [2.45, 2.75) is 58.5 Å². The van der Waals surface area contributed by atoms with Gasteiger partial charge in [-0.1, -0.05) is 26.7 Å². The summed E-state index contributed by atoms with van der Waals surface area (Å²) >= 11 is 0. The predicted octanol–water partition coefficient (Wildman–Crippen LogP) is 2.35. The molecule has 0 fully saturated rings. The van der Waals surface area contributed by atoms with Gasteiger partial charge in [0.25, 0.3) is 11.5 Å². The molecule has 1 amide bonds. The Morgan fingerprint density at radius 3 is 2.78 bits per heavy atom. The smallest absolute Gasteiger partial charge is 0.326 e. The molecule has 0 bridgehead atoms. The summed E-state index contributed by atoms with van der Waals surface area (Å²) in [4.78, 5) is 41.4. The first-order valence-corrected chi connectivity index (χ1v) is 9.49. The van der Waals surface area contributed by atoms with Crippen molar-refractivity contribution >= 4 is 22.8 Å². The first-order chi connectivity index (χ1) is 12.9. The topological polar surface area (TPSA) is 101 Å². The number of hydrogen-bond acceptors (Lipinski definition) is 4. The van der Waals surface area contributed by atoms with Crippen LogP contribution >= 0.6 is 0 Å². The zero-order valence-electron chi connectivity index (χ0n) is 15.7. The zero-order valence-corrected chi connectivity index (χ0v) is 15.7. The van der Waals surface area contributed by atoms with Gasteiger partial charge in [0.1, 0.15) is 11.9 Å². The molecule has 2 atom stereocenters. The van der Waals surface area contributed by atoms with Crippen molar-refractivity contribution in [1.82, 2.24) is 14.9 Å². The molecule has 2 unspecified atom stereocenters. The number of carboxylic acid groups (broad SMARTS) is 1. The largest absolute Gasteiger partial charge is 0.480 e. The number of benzene rings is 1. The number of rotatable bonds is 5. The number of nitrogens with zero attached hydrogens (tertiary/aromatic N) is 2. The van der Waals surface area contributed by atoms with E-state index in [1.165, 1.54) is 0 Å². The third-order valence-electron chi connectivity index (χ3n) is 5.34. The van der Waals surface area contributed by atoms with E-state index in [2.05, 4.69) is 10.3 Å². The minimum absolute atomic E-state index is 0.0770. The number of fused-ring (bicyclic) bond motifs is 2. The van der Waals surface area contributed by atoms with Gasteiger partial charge in [-0.05, 0) is 37.0 Å². The van der Waals surface area contributed by atoms with E-state index in [0.29, 0.717) is 29.4 Å². The molecule has 7 heteroatoms. The first-order valence-electron chi connectivity index (χ1n) is 9.49. The van der Waals surface area contributed by atoms with Crippen LogP contribution in [0.3, 0.4) is 0 Å². The van der Waals surface area contributed by atoms with E-state index in [4.69, 9.17) is 0 Å². The molecule has 27 heavy (non-hydrogen) atoms. The highest BCUT2D eigenvalue weighted by molar-refractivity contribution is 5.99. The molecule has 2 N–H and O–H groups in total. The Hall–Kier alpha value is -2.70. The maximum atomic E-state index is 12.7. The van der Waals surface area contributed by atoms with Crippen LogP contribution in [0.15, 0.2) is 23.0 Å². The van der Waals surface area contributed by atoms with E-state index >= 15 is 0 Å². The number of amides is 1. The fourth-order valence-electron chi connectivity index (χ4n) is 3.47. The van der Waals surface area contributed by atoms with E-state index < -0.39 is 17.9 Å². The fraction of sp³-hybridized carbons (Fsp3) is 0.500. The van der Waals surface area contributed by atoms with Crippen LogP contribution in [0.25, 0.3) is 10.9 Å². The molecule has 0 aliphatic carbocycles. The van der Waals surface area contributed by atoms with E-state index in [0.717, 1.165) is 31.5 Å². The van der Waals surface area contributed by atoms with Crippen LogP contribution in [0.1, 0.15) is 55.7 Å². The van der Waals surface area contributed by atoms with Gasteiger partial charge in [0.05, 0.1) is 10.9 Å². The average Bonchev–Trinajstić information content (AvgIpc) is 2.90. The van der Waals surface area contributed by atoms with E-state index in [9.17, 15) is 19.5 Å². The minimum atomic E-state index is -1.06. The molecule has 1 aliphatic heterocycles. The van der Waals surface area contributed by atoms with Crippen molar-refractivity contribution in [2.75, 3.05) is 0 Å². The lowest BCUT2D eigenvalue weighted by molar-refractivity contribution is -0.140. The van der Waals surface area contributed by atoms with Crippen LogP contribution in [-0.2, 0) is 17.8 Å². The second kappa shape index (κ2) is 7.90. The van der Waals surface area contributed by atoms with Crippen LogP contribution in [0.2, 0.25) is 0 Å². The number of carboxylic acids is 1. The molecule has 144 valence electrons. The van der Waals surface area contributed by atoms with Crippen LogP contribution < -0.4 is 10.9 Å². The molecule has 3 rings (SSSR count). The molecular formula is C20H25N3O4. The van der Waals surface area contributed by atoms with Crippen LogP contribution in [0, 0.1) is 5.92 Å². The SMILES string of the molecule is CCC(C)C(NC(=O)c1ccc2c(=O)n3c(nc2c1)CCCCC3)C(=O)O. The highest BCUT2D eigenvalue weighted by atomic mass is 16.4. The molecule has 0 spiro atoms. The molecule has 1 aromatic heterocycles. The van der Waals surface area contributed by atoms with E-state index in [1.807, 2.05) is 6.92 Å². The van der Waals surface area contributed by atoms with Gasteiger partial charge in [-0.15, -0.1) is 0 Å². The Morgan fingerprint density at radius 1 is 1.30 bits per heavy atom. The molecule has 0 radical (unpaired) electrons. The normalized spacial score (nSPS) is 16.2. The Kier molecular flexibility index (Phi) is 5.58. The van der Waals surface area contributed by atoms with Gasteiger partial charge < -0.3 is 10.4 Å². The summed E-state index contributed by atoms with van der Waals surface area (Å²) < 4.78 is 1.73. The van der Waals surface area contributed by atoms with Crippen LogP contribution in [0.4, 0.5) is 0 Å². The Morgan fingerprint density at radius 2 is 2.07 bits per heavy atom. The lowest BCUT2D eigenvalue weighted by Crippen LogP contribution is -2.45. The van der Waals surface area contributed by atoms with Gasteiger partial charge in [0, 0.05) is 18.5 Å². The van der Waals surface area contributed by atoms with Gasteiger partial charge in [-0.3, -0.25) is 14.2 Å². The highest BCUT2D eigenvalue weighted by Crippen LogP contribution is 2.17. The van der Waals surface area contributed by atoms with Gasteiger partial charge in [0.2, 0.25) is 0 Å². The summed E-state index contributed by atoms with van der Waals surface area (Å²) in [6.07, 6.45) is 4.41. The molecule has 7 nitrogen and oxygen atoms in total. The Bertz CT molecular complexity index is 935. The number of carbonyl (C=O) groups excluding carboxylic acids is 1. The summed E-state index contributed by atoms with van der Waals surface area (Å²) in [5.74, 6) is -0.961. The van der Waals surface area contributed by atoms with Gasteiger partial charge in [-0.25, -0.2) is 9.78 Å².